The lowest BCUT2D eigenvalue weighted by molar-refractivity contribution is 0.436. The second-order valence-corrected chi connectivity index (χ2v) is 6.43. The minimum absolute atomic E-state index is 0.000330. The van der Waals surface area contributed by atoms with Gasteiger partial charge >= 0.3 is 0 Å². The standard InChI is InChI=1S/C17H21ClN2O/c1-5-8-15-19-14(18)11-16(20-15)21-13-10-7-6-9-12(13)17(2,3)4/h6-7,9-11H,5,8H2,1-4H3. The predicted octanol–water partition coefficient (Wildman–Crippen LogP) is 5.17. The Balaban J connectivity index is 2.35. The van der Waals surface area contributed by atoms with Crippen molar-refractivity contribution in [2.45, 2.75) is 46.0 Å². The number of aromatic nitrogens is 2. The molecule has 1 heterocycles. The number of nitrogens with zero attached hydrogens (tertiary/aromatic N) is 2. The van der Waals surface area contributed by atoms with Gasteiger partial charge < -0.3 is 4.74 Å². The van der Waals surface area contributed by atoms with Crippen LogP contribution in [0.4, 0.5) is 0 Å². The van der Waals surface area contributed by atoms with Crippen LogP contribution >= 0.6 is 11.6 Å². The first-order chi connectivity index (χ1) is 9.90. The largest absolute Gasteiger partial charge is 0.439 e. The molecule has 1 aromatic carbocycles. The summed E-state index contributed by atoms with van der Waals surface area (Å²) in [5.41, 5.74) is 1.14. The van der Waals surface area contributed by atoms with Gasteiger partial charge in [0.1, 0.15) is 16.7 Å². The highest BCUT2D eigenvalue weighted by atomic mass is 35.5. The van der Waals surface area contributed by atoms with Crippen molar-refractivity contribution in [2.24, 2.45) is 0 Å². The van der Waals surface area contributed by atoms with Gasteiger partial charge in [-0.3, -0.25) is 0 Å². The van der Waals surface area contributed by atoms with E-state index in [9.17, 15) is 0 Å². The lowest BCUT2D eigenvalue weighted by Gasteiger charge is -2.22. The fourth-order valence-electron chi connectivity index (χ4n) is 2.12. The zero-order valence-corrected chi connectivity index (χ0v) is 13.7. The molecular weight excluding hydrogens is 284 g/mol. The van der Waals surface area contributed by atoms with Gasteiger partial charge in [-0.1, -0.05) is 57.5 Å². The third-order valence-electron chi connectivity index (χ3n) is 3.10. The van der Waals surface area contributed by atoms with Crippen molar-refractivity contribution in [3.8, 4) is 11.6 Å². The molecule has 3 nitrogen and oxygen atoms in total. The van der Waals surface area contributed by atoms with Gasteiger partial charge in [0, 0.05) is 18.1 Å². The highest BCUT2D eigenvalue weighted by Gasteiger charge is 2.19. The molecule has 0 amide bonds. The molecule has 4 heteroatoms. The Morgan fingerprint density at radius 1 is 1.14 bits per heavy atom. The highest BCUT2D eigenvalue weighted by Crippen LogP contribution is 2.33. The van der Waals surface area contributed by atoms with Crippen LogP contribution in [0.2, 0.25) is 5.15 Å². The van der Waals surface area contributed by atoms with Crippen LogP contribution in [-0.2, 0) is 11.8 Å². The average molecular weight is 305 g/mol. The number of aryl methyl sites for hydroxylation is 1. The summed E-state index contributed by atoms with van der Waals surface area (Å²) in [6.45, 7) is 8.56. The number of ether oxygens (including phenoxy) is 1. The van der Waals surface area contributed by atoms with E-state index in [-0.39, 0.29) is 5.41 Å². The first-order valence-corrected chi connectivity index (χ1v) is 7.58. The maximum Gasteiger partial charge on any atom is 0.224 e. The molecule has 21 heavy (non-hydrogen) atoms. The van der Waals surface area contributed by atoms with Crippen LogP contribution in [-0.4, -0.2) is 9.97 Å². The van der Waals surface area contributed by atoms with Crippen molar-refractivity contribution >= 4 is 11.6 Å². The summed E-state index contributed by atoms with van der Waals surface area (Å²) in [5, 5.41) is 0.414. The maximum atomic E-state index is 6.05. The Bertz CT molecular complexity index is 620. The molecule has 0 spiro atoms. The van der Waals surface area contributed by atoms with Crippen molar-refractivity contribution in [3.05, 3.63) is 46.9 Å². The van der Waals surface area contributed by atoms with Crippen LogP contribution in [0.3, 0.4) is 0 Å². The Morgan fingerprint density at radius 2 is 1.86 bits per heavy atom. The summed E-state index contributed by atoms with van der Waals surface area (Å²) in [5.74, 6) is 2.02. The summed E-state index contributed by atoms with van der Waals surface area (Å²) < 4.78 is 5.97. The van der Waals surface area contributed by atoms with Gasteiger partial charge in [0.25, 0.3) is 0 Å². The van der Waals surface area contributed by atoms with E-state index in [1.165, 1.54) is 0 Å². The van der Waals surface area contributed by atoms with Gasteiger partial charge in [-0.15, -0.1) is 0 Å². The van der Waals surface area contributed by atoms with Crippen LogP contribution in [0.15, 0.2) is 30.3 Å². The molecular formula is C17H21ClN2O. The van der Waals surface area contributed by atoms with Crippen molar-refractivity contribution in [1.82, 2.24) is 9.97 Å². The second-order valence-electron chi connectivity index (χ2n) is 6.04. The Labute approximate surface area is 131 Å². The van der Waals surface area contributed by atoms with Crippen molar-refractivity contribution in [1.29, 1.82) is 0 Å². The first kappa shape index (κ1) is 15.8. The van der Waals surface area contributed by atoms with Gasteiger partial charge in [0.15, 0.2) is 0 Å². The summed E-state index contributed by atoms with van der Waals surface area (Å²) in [7, 11) is 0. The number of para-hydroxylation sites is 1. The zero-order valence-electron chi connectivity index (χ0n) is 13.0. The van der Waals surface area contributed by atoms with E-state index in [0.29, 0.717) is 16.9 Å². The SMILES string of the molecule is CCCc1nc(Cl)cc(Oc2ccccc2C(C)(C)C)n1. The minimum Gasteiger partial charge on any atom is -0.439 e. The lowest BCUT2D eigenvalue weighted by atomic mass is 9.86. The number of hydrogen-bond acceptors (Lipinski definition) is 3. The number of benzene rings is 1. The fraction of sp³-hybridized carbons (Fsp3) is 0.412. The molecule has 112 valence electrons. The van der Waals surface area contributed by atoms with E-state index in [2.05, 4.69) is 43.7 Å². The highest BCUT2D eigenvalue weighted by molar-refractivity contribution is 6.29. The Kier molecular flexibility index (Phi) is 4.84. The summed E-state index contributed by atoms with van der Waals surface area (Å²) >= 11 is 6.05. The van der Waals surface area contributed by atoms with E-state index >= 15 is 0 Å². The Hall–Kier alpha value is -1.61. The van der Waals surface area contributed by atoms with E-state index in [4.69, 9.17) is 16.3 Å². The van der Waals surface area contributed by atoms with Crippen LogP contribution in [0.1, 0.15) is 45.5 Å². The van der Waals surface area contributed by atoms with Crippen molar-refractivity contribution in [2.75, 3.05) is 0 Å². The molecule has 0 aliphatic carbocycles. The second kappa shape index (κ2) is 6.44. The molecule has 0 fully saturated rings. The monoisotopic (exact) mass is 304 g/mol. The number of halogens is 1. The van der Waals surface area contributed by atoms with Crippen molar-refractivity contribution in [3.63, 3.8) is 0 Å². The molecule has 0 aliphatic rings. The van der Waals surface area contributed by atoms with Gasteiger partial charge in [0.2, 0.25) is 5.88 Å². The molecule has 0 saturated carbocycles. The molecule has 0 radical (unpaired) electrons. The zero-order chi connectivity index (χ0) is 15.5. The third-order valence-corrected chi connectivity index (χ3v) is 3.29. The first-order valence-electron chi connectivity index (χ1n) is 7.21. The molecule has 0 saturated heterocycles. The minimum atomic E-state index is -0.000330. The Morgan fingerprint density at radius 3 is 2.52 bits per heavy atom. The third kappa shape index (κ3) is 4.18. The number of rotatable bonds is 4. The van der Waals surface area contributed by atoms with E-state index in [1.54, 1.807) is 6.07 Å². The van der Waals surface area contributed by atoms with Crippen LogP contribution in [0.25, 0.3) is 0 Å². The molecule has 0 N–H and O–H groups in total. The summed E-state index contributed by atoms with van der Waals surface area (Å²) in [4.78, 5) is 8.63. The molecule has 2 aromatic rings. The number of hydrogen-bond donors (Lipinski definition) is 0. The van der Waals surface area contributed by atoms with Gasteiger partial charge in [-0.2, -0.15) is 4.98 Å². The smallest absolute Gasteiger partial charge is 0.224 e. The normalized spacial score (nSPS) is 11.5. The van der Waals surface area contributed by atoms with Crippen LogP contribution < -0.4 is 4.74 Å². The predicted molar refractivity (Wildman–Crippen MR) is 86.3 cm³/mol. The fourth-order valence-corrected chi connectivity index (χ4v) is 2.31. The van der Waals surface area contributed by atoms with E-state index < -0.39 is 0 Å². The maximum absolute atomic E-state index is 6.05. The van der Waals surface area contributed by atoms with Crippen LogP contribution in [0, 0.1) is 0 Å². The van der Waals surface area contributed by atoms with Gasteiger partial charge in [-0.05, 0) is 17.9 Å². The quantitative estimate of drug-likeness (QED) is 0.731. The molecule has 0 atom stereocenters. The molecule has 0 aliphatic heterocycles. The summed E-state index contributed by atoms with van der Waals surface area (Å²) in [6.07, 6.45) is 1.76. The summed E-state index contributed by atoms with van der Waals surface area (Å²) in [6, 6.07) is 9.66. The average Bonchev–Trinajstić information content (AvgIpc) is 2.37. The lowest BCUT2D eigenvalue weighted by Crippen LogP contribution is -2.12. The van der Waals surface area contributed by atoms with E-state index in [1.807, 2.05) is 18.2 Å². The molecule has 0 unspecified atom stereocenters. The molecule has 1 aromatic heterocycles. The van der Waals surface area contributed by atoms with Crippen LogP contribution in [0.5, 0.6) is 11.6 Å². The molecule has 2 rings (SSSR count). The molecule has 0 bridgehead atoms. The topological polar surface area (TPSA) is 35.0 Å². The van der Waals surface area contributed by atoms with Gasteiger partial charge in [-0.25, -0.2) is 4.98 Å². The van der Waals surface area contributed by atoms with Crippen molar-refractivity contribution < 1.29 is 4.74 Å². The van der Waals surface area contributed by atoms with Gasteiger partial charge in [0.05, 0.1) is 0 Å². The van der Waals surface area contributed by atoms with E-state index in [0.717, 1.165) is 24.2 Å².